The summed E-state index contributed by atoms with van der Waals surface area (Å²) in [4.78, 5) is 8.75. The second-order valence-corrected chi connectivity index (χ2v) is 5.70. The van der Waals surface area contributed by atoms with Gasteiger partial charge in [0, 0.05) is 25.4 Å². The van der Waals surface area contributed by atoms with E-state index < -0.39 is 0 Å². The van der Waals surface area contributed by atoms with Crippen molar-refractivity contribution in [2.75, 3.05) is 18.1 Å². The summed E-state index contributed by atoms with van der Waals surface area (Å²) >= 11 is 2.01. The van der Waals surface area contributed by atoms with Crippen LogP contribution in [0.1, 0.15) is 25.6 Å². The highest BCUT2D eigenvalue weighted by Gasteiger charge is 2.14. The molecule has 6 nitrogen and oxygen atoms in total. The molecule has 0 amide bonds. The fourth-order valence-corrected chi connectivity index (χ4v) is 3.05. The van der Waals surface area contributed by atoms with Gasteiger partial charge in [0.1, 0.15) is 18.7 Å². The molecule has 1 aliphatic heterocycles. The Labute approximate surface area is 118 Å². The van der Waals surface area contributed by atoms with Crippen molar-refractivity contribution < 1.29 is 0 Å². The van der Waals surface area contributed by atoms with Gasteiger partial charge in [-0.1, -0.05) is 0 Å². The molecular weight excluding hydrogens is 260 g/mol. The molecule has 0 spiro atoms. The monoisotopic (exact) mass is 282 g/mol. The summed E-state index contributed by atoms with van der Waals surface area (Å²) in [6.07, 6.45) is 4.06. The lowest BCUT2D eigenvalue weighted by Gasteiger charge is -2.24. The van der Waals surface area contributed by atoms with Crippen LogP contribution < -0.4 is 10.6 Å². The second-order valence-electron chi connectivity index (χ2n) is 4.55. The smallest absolute Gasteiger partial charge is 0.191 e. The van der Waals surface area contributed by atoms with Gasteiger partial charge in [-0.05, 0) is 25.5 Å². The molecule has 0 bridgehead atoms. The molecular formula is C12H22N6S. The summed E-state index contributed by atoms with van der Waals surface area (Å²) < 4.78 is 1.75. The summed E-state index contributed by atoms with van der Waals surface area (Å²) in [5.74, 6) is 4.19. The fraction of sp³-hybridized carbons (Fsp3) is 0.750. The Bertz CT molecular complexity index is 410. The lowest BCUT2D eigenvalue weighted by molar-refractivity contribution is 0.581. The quantitative estimate of drug-likeness (QED) is 0.630. The zero-order chi connectivity index (χ0) is 13.5. The van der Waals surface area contributed by atoms with E-state index in [0.717, 1.165) is 24.1 Å². The minimum absolute atomic E-state index is 0.524. The van der Waals surface area contributed by atoms with Gasteiger partial charge in [-0.3, -0.25) is 4.68 Å². The third-order valence-corrected chi connectivity index (χ3v) is 4.24. The minimum Gasteiger partial charge on any atom is -0.357 e. The topological polar surface area (TPSA) is 67.1 Å². The standard InChI is InChI=1S/C12H22N6S/c1-3-13-12(17-10-5-4-6-19-8-10)14-7-11-15-9-16-18(11)2/h9-10H,3-8H2,1-2H3,(H2,13,14,17). The lowest BCUT2D eigenvalue weighted by atomic mass is 10.2. The summed E-state index contributed by atoms with van der Waals surface area (Å²) in [5, 5.41) is 10.8. The molecule has 0 saturated carbocycles. The molecule has 2 N–H and O–H groups in total. The Balaban J connectivity index is 1.92. The number of nitrogens with zero attached hydrogens (tertiary/aromatic N) is 4. The first-order valence-electron chi connectivity index (χ1n) is 6.75. The maximum atomic E-state index is 4.57. The first-order chi connectivity index (χ1) is 9.29. The van der Waals surface area contributed by atoms with E-state index in [0.29, 0.717) is 12.6 Å². The summed E-state index contributed by atoms with van der Waals surface area (Å²) in [7, 11) is 1.88. The van der Waals surface area contributed by atoms with Crippen molar-refractivity contribution in [1.82, 2.24) is 25.4 Å². The number of guanidine groups is 1. The van der Waals surface area contributed by atoms with Crippen molar-refractivity contribution in [3.05, 3.63) is 12.2 Å². The van der Waals surface area contributed by atoms with Crippen LogP contribution in [0.2, 0.25) is 0 Å². The van der Waals surface area contributed by atoms with Crippen molar-refractivity contribution in [3.8, 4) is 0 Å². The zero-order valence-corrected chi connectivity index (χ0v) is 12.4. The second kappa shape index (κ2) is 7.37. The molecule has 1 aromatic heterocycles. The van der Waals surface area contributed by atoms with Gasteiger partial charge < -0.3 is 10.6 Å². The largest absolute Gasteiger partial charge is 0.357 e. The molecule has 1 fully saturated rings. The van der Waals surface area contributed by atoms with E-state index in [4.69, 9.17) is 0 Å². The van der Waals surface area contributed by atoms with Crippen LogP contribution in [-0.4, -0.2) is 44.8 Å². The molecule has 0 radical (unpaired) electrons. The number of hydrogen-bond acceptors (Lipinski definition) is 4. The Kier molecular flexibility index (Phi) is 5.50. The molecule has 2 rings (SSSR count). The molecule has 1 unspecified atom stereocenters. The average Bonchev–Trinajstić information content (AvgIpc) is 2.83. The predicted molar refractivity (Wildman–Crippen MR) is 79.3 cm³/mol. The molecule has 2 heterocycles. The van der Waals surface area contributed by atoms with E-state index in [2.05, 4.69) is 32.6 Å². The van der Waals surface area contributed by atoms with E-state index >= 15 is 0 Å². The van der Waals surface area contributed by atoms with Crippen molar-refractivity contribution in [1.29, 1.82) is 0 Å². The van der Waals surface area contributed by atoms with Crippen molar-refractivity contribution in [2.45, 2.75) is 32.4 Å². The third kappa shape index (κ3) is 4.41. The van der Waals surface area contributed by atoms with Gasteiger partial charge in [0.25, 0.3) is 0 Å². The predicted octanol–water partition coefficient (Wildman–Crippen LogP) is 0.766. The Morgan fingerprint density at radius 3 is 3.16 bits per heavy atom. The van der Waals surface area contributed by atoms with Crippen LogP contribution >= 0.6 is 11.8 Å². The molecule has 7 heteroatoms. The molecule has 106 valence electrons. The number of aromatic nitrogens is 3. The minimum atomic E-state index is 0.524. The van der Waals surface area contributed by atoms with E-state index in [1.807, 2.05) is 18.8 Å². The van der Waals surface area contributed by atoms with E-state index in [1.165, 1.54) is 18.6 Å². The highest BCUT2D eigenvalue weighted by molar-refractivity contribution is 7.99. The van der Waals surface area contributed by atoms with Crippen LogP contribution in [0.25, 0.3) is 0 Å². The van der Waals surface area contributed by atoms with Gasteiger partial charge in [-0.25, -0.2) is 9.98 Å². The Hall–Kier alpha value is -1.24. The van der Waals surface area contributed by atoms with Crippen molar-refractivity contribution in [3.63, 3.8) is 0 Å². The normalized spacial score (nSPS) is 20.3. The Morgan fingerprint density at radius 1 is 1.63 bits per heavy atom. The van der Waals surface area contributed by atoms with Crippen molar-refractivity contribution in [2.24, 2.45) is 12.0 Å². The molecule has 0 aliphatic carbocycles. The van der Waals surface area contributed by atoms with Crippen LogP contribution in [0, 0.1) is 0 Å². The van der Waals surface area contributed by atoms with Crippen molar-refractivity contribution >= 4 is 17.7 Å². The molecule has 0 aromatic carbocycles. The molecule has 1 aliphatic rings. The molecule has 19 heavy (non-hydrogen) atoms. The van der Waals surface area contributed by atoms with Gasteiger partial charge in [0.05, 0.1) is 0 Å². The van der Waals surface area contributed by atoms with E-state index in [1.54, 1.807) is 11.0 Å². The molecule has 1 atom stereocenters. The van der Waals surface area contributed by atoms with Crippen LogP contribution in [0.5, 0.6) is 0 Å². The fourth-order valence-electron chi connectivity index (χ4n) is 1.98. The number of aliphatic imine (C=N–C) groups is 1. The van der Waals surface area contributed by atoms with Crippen LogP contribution in [0.3, 0.4) is 0 Å². The third-order valence-electron chi connectivity index (χ3n) is 3.03. The van der Waals surface area contributed by atoms with Crippen LogP contribution in [-0.2, 0) is 13.6 Å². The first-order valence-corrected chi connectivity index (χ1v) is 7.90. The number of nitrogens with one attached hydrogen (secondary N) is 2. The summed E-state index contributed by atoms with van der Waals surface area (Å²) in [5.41, 5.74) is 0. The molecule has 1 saturated heterocycles. The van der Waals surface area contributed by atoms with E-state index in [-0.39, 0.29) is 0 Å². The number of hydrogen-bond donors (Lipinski definition) is 2. The number of aryl methyl sites for hydroxylation is 1. The Morgan fingerprint density at radius 2 is 2.53 bits per heavy atom. The van der Waals surface area contributed by atoms with Gasteiger partial charge in [-0.2, -0.15) is 16.9 Å². The number of rotatable bonds is 4. The SMILES string of the molecule is CCNC(=NCc1ncnn1C)NC1CCCSC1. The number of thioether (sulfide) groups is 1. The average molecular weight is 282 g/mol. The summed E-state index contributed by atoms with van der Waals surface area (Å²) in [6, 6.07) is 0.524. The van der Waals surface area contributed by atoms with Gasteiger partial charge in [0.2, 0.25) is 0 Å². The van der Waals surface area contributed by atoms with Gasteiger partial charge >= 0.3 is 0 Å². The van der Waals surface area contributed by atoms with Crippen LogP contribution in [0.4, 0.5) is 0 Å². The highest BCUT2D eigenvalue weighted by atomic mass is 32.2. The van der Waals surface area contributed by atoms with Gasteiger partial charge in [-0.15, -0.1) is 0 Å². The lowest BCUT2D eigenvalue weighted by Crippen LogP contribution is -2.45. The van der Waals surface area contributed by atoms with Crippen LogP contribution in [0.15, 0.2) is 11.3 Å². The summed E-state index contributed by atoms with van der Waals surface area (Å²) in [6.45, 7) is 3.49. The maximum Gasteiger partial charge on any atom is 0.191 e. The first kappa shape index (κ1) is 14.2. The van der Waals surface area contributed by atoms with Gasteiger partial charge in [0.15, 0.2) is 5.96 Å². The zero-order valence-electron chi connectivity index (χ0n) is 11.6. The van der Waals surface area contributed by atoms with E-state index in [9.17, 15) is 0 Å². The highest BCUT2D eigenvalue weighted by Crippen LogP contribution is 2.16. The maximum absolute atomic E-state index is 4.57. The molecule has 1 aromatic rings.